The van der Waals surface area contributed by atoms with Crippen molar-refractivity contribution in [2.24, 2.45) is 5.73 Å². The highest BCUT2D eigenvalue weighted by Crippen LogP contribution is 2.42. The van der Waals surface area contributed by atoms with E-state index >= 15 is 0 Å². The van der Waals surface area contributed by atoms with E-state index in [2.05, 4.69) is 0 Å². The summed E-state index contributed by atoms with van der Waals surface area (Å²) in [6, 6.07) is 8.04. The Kier molecular flexibility index (Phi) is 1.74. The minimum Gasteiger partial charge on any atom is -0.321 e. The van der Waals surface area contributed by atoms with Crippen LogP contribution in [0, 0.1) is 5.41 Å². The second-order valence-corrected chi connectivity index (χ2v) is 3.86. The number of benzene rings is 1. The van der Waals surface area contributed by atoms with E-state index in [9.17, 15) is 0 Å². The smallest absolute Gasteiger partial charge is 0.0411 e. The first-order chi connectivity index (χ1) is 6.12. The van der Waals surface area contributed by atoms with Crippen LogP contribution in [0.15, 0.2) is 24.3 Å². The van der Waals surface area contributed by atoms with Crippen LogP contribution in [0.3, 0.4) is 0 Å². The lowest BCUT2D eigenvalue weighted by molar-refractivity contribution is 0.740. The van der Waals surface area contributed by atoms with Crippen molar-refractivity contribution < 1.29 is 0 Å². The Morgan fingerprint density at radius 1 is 1.31 bits per heavy atom. The molecule has 0 spiro atoms. The maximum Gasteiger partial charge on any atom is 0.0411 e. The molecule has 1 saturated carbocycles. The molecule has 0 saturated heterocycles. The first-order valence-electron chi connectivity index (χ1n) is 4.57. The maximum absolute atomic E-state index is 7.45. The predicted octanol–water partition coefficient (Wildman–Crippen LogP) is 2.02. The minimum absolute atomic E-state index is 0.0472. The van der Waals surface area contributed by atoms with Gasteiger partial charge < -0.3 is 11.1 Å². The van der Waals surface area contributed by atoms with Crippen LogP contribution < -0.4 is 5.73 Å². The zero-order valence-electron chi connectivity index (χ0n) is 7.80. The molecule has 0 atom stereocenters. The van der Waals surface area contributed by atoms with Crippen molar-refractivity contribution in [2.75, 3.05) is 0 Å². The van der Waals surface area contributed by atoms with Crippen LogP contribution in [0.2, 0.25) is 0 Å². The van der Waals surface area contributed by atoms with Crippen LogP contribution in [0.4, 0.5) is 0 Å². The van der Waals surface area contributed by atoms with Gasteiger partial charge in [-0.3, -0.25) is 0 Å². The van der Waals surface area contributed by atoms with Crippen LogP contribution in [-0.2, 0) is 5.54 Å². The molecule has 1 aliphatic rings. The molecule has 68 valence electrons. The van der Waals surface area contributed by atoms with E-state index < -0.39 is 0 Å². The summed E-state index contributed by atoms with van der Waals surface area (Å²) in [6.07, 6.45) is 2.19. The Morgan fingerprint density at radius 3 is 2.23 bits per heavy atom. The molecule has 0 bridgehead atoms. The van der Waals surface area contributed by atoms with Gasteiger partial charge in [-0.2, -0.15) is 0 Å². The molecule has 0 radical (unpaired) electrons. The molecule has 1 fully saturated rings. The van der Waals surface area contributed by atoms with Crippen LogP contribution in [0.1, 0.15) is 30.9 Å². The monoisotopic (exact) mass is 174 g/mol. The van der Waals surface area contributed by atoms with E-state index in [1.165, 1.54) is 5.56 Å². The Bertz CT molecular complexity index is 334. The third-order valence-corrected chi connectivity index (χ3v) is 2.68. The fraction of sp³-hybridized carbons (Fsp3) is 0.364. The molecule has 2 heteroatoms. The van der Waals surface area contributed by atoms with Gasteiger partial charge in [0.2, 0.25) is 0 Å². The van der Waals surface area contributed by atoms with Gasteiger partial charge in [-0.1, -0.05) is 24.3 Å². The van der Waals surface area contributed by atoms with Crippen LogP contribution >= 0.6 is 0 Å². The molecule has 0 amide bonds. The highest BCUT2D eigenvalue weighted by Gasteiger charge is 2.39. The summed E-state index contributed by atoms with van der Waals surface area (Å²) < 4.78 is 0. The fourth-order valence-electron chi connectivity index (χ4n) is 1.48. The summed E-state index contributed by atoms with van der Waals surface area (Å²) in [4.78, 5) is 0. The lowest BCUT2D eigenvalue weighted by atomic mass is 10.0. The average Bonchev–Trinajstić information content (AvgIpc) is 2.85. The van der Waals surface area contributed by atoms with Crippen molar-refractivity contribution in [3.8, 4) is 0 Å². The van der Waals surface area contributed by atoms with Gasteiger partial charge >= 0.3 is 0 Å². The number of hydrogen-bond acceptors (Lipinski definition) is 2. The first kappa shape index (κ1) is 8.45. The lowest BCUT2D eigenvalue weighted by Gasteiger charge is -2.09. The molecule has 1 aromatic carbocycles. The van der Waals surface area contributed by atoms with E-state index in [4.69, 9.17) is 11.1 Å². The van der Waals surface area contributed by atoms with Gasteiger partial charge in [-0.25, -0.2) is 0 Å². The lowest BCUT2D eigenvalue weighted by Crippen LogP contribution is -2.18. The van der Waals surface area contributed by atoms with Gasteiger partial charge in [0.25, 0.3) is 0 Å². The van der Waals surface area contributed by atoms with Crippen molar-refractivity contribution in [2.45, 2.75) is 25.3 Å². The molecule has 2 nitrogen and oxygen atoms in total. The average molecular weight is 174 g/mol. The third kappa shape index (κ3) is 1.49. The van der Waals surface area contributed by atoms with Gasteiger partial charge in [0.1, 0.15) is 0 Å². The molecule has 2 rings (SSSR count). The zero-order chi connectivity index (χ0) is 9.47. The summed E-state index contributed by atoms with van der Waals surface area (Å²) >= 11 is 0. The SMILES string of the molecule is CC(=N)c1ccc(C2(N)CC2)cc1. The van der Waals surface area contributed by atoms with Crippen molar-refractivity contribution in [1.29, 1.82) is 5.41 Å². The van der Waals surface area contributed by atoms with Gasteiger partial charge in [0, 0.05) is 11.3 Å². The molecule has 3 N–H and O–H groups in total. The first-order valence-corrected chi connectivity index (χ1v) is 4.57. The number of nitrogens with two attached hydrogens (primary N) is 1. The van der Waals surface area contributed by atoms with Crippen LogP contribution in [0.5, 0.6) is 0 Å². The molecule has 1 aliphatic carbocycles. The maximum atomic E-state index is 7.45. The van der Waals surface area contributed by atoms with Gasteiger partial charge in [-0.15, -0.1) is 0 Å². The highest BCUT2D eigenvalue weighted by molar-refractivity contribution is 5.96. The molecule has 1 aromatic rings. The van der Waals surface area contributed by atoms with E-state index in [1.807, 2.05) is 24.3 Å². The summed E-state index contributed by atoms with van der Waals surface area (Å²) in [5.41, 5.74) is 8.78. The molecule has 0 heterocycles. The summed E-state index contributed by atoms with van der Waals surface area (Å²) in [6.45, 7) is 1.80. The van der Waals surface area contributed by atoms with E-state index in [0.717, 1.165) is 18.4 Å². The minimum atomic E-state index is -0.0472. The molecule has 13 heavy (non-hydrogen) atoms. The molecular weight excluding hydrogens is 160 g/mol. The summed E-state index contributed by atoms with van der Waals surface area (Å²) in [5, 5.41) is 7.45. The summed E-state index contributed by atoms with van der Waals surface area (Å²) in [7, 11) is 0. The van der Waals surface area contributed by atoms with Gasteiger partial charge in [0.15, 0.2) is 0 Å². The zero-order valence-corrected chi connectivity index (χ0v) is 7.80. The van der Waals surface area contributed by atoms with E-state index in [0.29, 0.717) is 5.71 Å². The molecule has 0 aromatic heterocycles. The molecular formula is C11H14N2. The predicted molar refractivity (Wildman–Crippen MR) is 54.0 cm³/mol. The second kappa shape index (κ2) is 2.67. The van der Waals surface area contributed by atoms with Crippen molar-refractivity contribution in [3.63, 3.8) is 0 Å². The standard InChI is InChI=1S/C11H14N2/c1-8(12)9-2-4-10(5-3-9)11(13)6-7-11/h2-5,12H,6-7,13H2,1H3. The Labute approximate surface area is 78.3 Å². The van der Waals surface area contributed by atoms with Crippen molar-refractivity contribution >= 4 is 5.71 Å². The largest absolute Gasteiger partial charge is 0.321 e. The van der Waals surface area contributed by atoms with E-state index in [-0.39, 0.29) is 5.54 Å². The van der Waals surface area contributed by atoms with Crippen molar-refractivity contribution in [3.05, 3.63) is 35.4 Å². The normalized spacial score (nSPS) is 18.3. The number of rotatable bonds is 2. The Balaban J connectivity index is 2.28. The second-order valence-electron chi connectivity index (χ2n) is 3.86. The van der Waals surface area contributed by atoms with Crippen LogP contribution in [0.25, 0.3) is 0 Å². The molecule has 0 unspecified atom stereocenters. The van der Waals surface area contributed by atoms with Crippen molar-refractivity contribution in [1.82, 2.24) is 0 Å². The third-order valence-electron chi connectivity index (χ3n) is 2.68. The van der Waals surface area contributed by atoms with Gasteiger partial charge in [0.05, 0.1) is 0 Å². The van der Waals surface area contributed by atoms with Crippen LogP contribution in [-0.4, -0.2) is 5.71 Å². The summed E-state index contributed by atoms with van der Waals surface area (Å²) in [5.74, 6) is 0. The number of hydrogen-bond donors (Lipinski definition) is 2. The van der Waals surface area contributed by atoms with E-state index in [1.54, 1.807) is 6.92 Å². The van der Waals surface area contributed by atoms with Gasteiger partial charge in [-0.05, 0) is 30.9 Å². The topological polar surface area (TPSA) is 49.9 Å². The Morgan fingerprint density at radius 2 is 1.85 bits per heavy atom. The Hall–Kier alpha value is -1.15. The molecule has 0 aliphatic heterocycles. The quantitative estimate of drug-likeness (QED) is 0.662. The highest BCUT2D eigenvalue weighted by atomic mass is 14.8. The fourth-order valence-corrected chi connectivity index (χ4v) is 1.48. The number of nitrogens with one attached hydrogen (secondary N) is 1.